The highest BCUT2D eigenvalue weighted by Crippen LogP contribution is 2.38. The average molecular weight is 317 g/mol. The van der Waals surface area contributed by atoms with Crippen molar-refractivity contribution in [1.82, 2.24) is 15.1 Å². The molecule has 0 aromatic heterocycles. The Morgan fingerprint density at radius 1 is 1.30 bits per heavy atom. The number of rotatable bonds is 6. The zero-order valence-electron chi connectivity index (χ0n) is 14.1. The molecule has 2 atom stereocenters. The number of benzene rings is 1. The number of ether oxygens (including phenoxy) is 1. The van der Waals surface area contributed by atoms with Crippen molar-refractivity contribution < 1.29 is 9.53 Å². The number of amides is 1. The minimum absolute atomic E-state index is 0.00560. The second kappa shape index (κ2) is 7.43. The van der Waals surface area contributed by atoms with E-state index in [0.717, 1.165) is 13.1 Å². The van der Waals surface area contributed by atoms with Crippen LogP contribution in [-0.4, -0.2) is 68.2 Å². The summed E-state index contributed by atoms with van der Waals surface area (Å²) < 4.78 is 5.91. The molecular weight excluding hydrogens is 290 g/mol. The first-order chi connectivity index (χ1) is 11.2. The van der Waals surface area contributed by atoms with Gasteiger partial charge in [0, 0.05) is 25.7 Å². The van der Waals surface area contributed by atoms with Crippen LogP contribution in [0.5, 0.6) is 0 Å². The van der Waals surface area contributed by atoms with Crippen molar-refractivity contribution in [3.63, 3.8) is 0 Å². The van der Waals surface area contributed by atoms with Gasteiger partial charge >= 0.3 is 0 Å². The molecule has 5 nitrogen and oxygen atoms in total. The topological polar surface area (TPSA) is 44.8 Å². The van der Waals surface area contributed by atoms with Crippen molar-refractivity contribution in [1.29, 1.82) is 0 Å². The summed E-state index contributed by atoms with van der Waals surface area (Å²) in [5.41, 5.74) is 1.17. The Morgan fingerprint density at radius 2 is 2.04 bits per heavy atom. The van der Waals surface area contributed by atoms with E-state index in [1.165, 1.54) is 18.4 Å². The maximum Gasteiger partial charge on any atom is 0.251 e. The maximum atomic E-state index is 12.7. The first kappa shape index (κ1) is 16.4. The van der Waals surface area contributed by atoms with Gasteiger partial charge in [-0.25, -0.2) is 0 Å². The quantitative estimate of drug-likeness (QED) is 0.858. The molecule has 1 aliphatic carbocycles. The second-order valence-electron chi connectivity index (χ2n) is 6.71. The lowest BCUT2D eigenvalue weighted by Gasteiger charge is -2.41. The van der Waals surface area contributed by atoms with Crippen LogP contribution in [0.2, 0.25) is 0 Å². The van der Waals surface area contributed by atoms with E-state index in [-0.39, 0.29) is 11.9 Å². The molecule has 126 valence electrons. The zero-order valence-corrected chi connectivity index (χ0v) is 14.1. The lowest BCUT2D eigenvalue weighted by Crippen LogP contribution is -2.53. The van der Waals surface area contributed by atoms with Gasteiger partial charge in [0.05, 0.1) is 12.6 Å². The molecular formula is C18H27N3O2. The van der Waals surface area contributed by atoms with Crippen LogP contribution in [0.4, 0.5) is 0 Å². The van der Waals surface area contributed by atoms with Crippen LogP contribution >= 0.6 is 0 Å². The molecule has 1 saturated carbocycles. The van der Waals surface area contributed by atoms with Crippen LogP contribution in [0.3, 0.4) is 0 Å². The Kier molecular flexibility index (Phi) is 5.30. The van der Waals surface area contributed by atoms with E-state index < -0.39 is 6.10 Å². The van der Waals surface area contributed by atoms with E-state index in [1.54, 1.807) is 0 Å². The highest BCUT2D eigenvalue weighted by atomic mass is 16.5. The van der Waals surface area contributed by atoms with Gasteiger partial charge < -0.3 is 15.0 Å². The minimum Gasteiger partial charge on any atom is -0.365 e. The first-order valence-corrected chi connectivity index (χ1v) is 8.51. The summed E-state index contributed by atoms with van der Waals surface area (Å²) in [4.78, 5) is 17.2. The minimum atomic E-state index is -0.422. The van der Waals surface area contributed by atoms with E-state index in [2.05, 4.69) is 27.2 Å². The second-order valence-corrected chi connectivity index (χ2v) is 6.71. The molecule has 23 heavy (non-hydrogen) atoms. The molecule has 1 aromatic rings. The van der Waals surface area contributed by atoms with Gasteiger partial charge in [0.25, 0.3) is 5.91 Å². The largest absolute Gasteiger partial charge is 0.365 e. The van der Waals surface area contributed by atoms with Crippen molar-refractivity contribution in [2.45, 2.75) is 31.0 Å². The third kappa shape index (κ3) is 4.10. The molecule has 1 aromatic carbocycles. The molecule has 5 heteroatoms. The van der Waals surface area contributed by atoms with Gasteiger partial charge in [0.1, 0.15) is 0 Å². The van der Waals surface area contributed by atoms with E-state index in [4.69, 9.17) is 4.74 Å². The molecule has 2 fully saturated rings. The SMILES string of the molecule is CN(C)CCNC(=O)[C@@H]1OCCN(C2CC2)[C@H]1c1ccccc1. The van der Waals surface area contributed by atoms with E-state index >= 15 is 0 Å². The number of nitrogens with one attached hydrogen (secondary N) is 1. The predicted molar refractivity (Wildman–Crippen MR) is 90.2 cm³/mol. The smallest absolute Gasteiger partial charge is 0.251 e. The van der Waals surface area contributed by atoms with Gasteiger partial charge in [-0.1, -0.05) is 30.3 Å². The summed E-state index contributed by atoms with van der Waals surface area (Å²) in [6.45, 7) is 3.02. The molecule has 2 aliphatic rings. The Hall–Kier alpha value is -1.43. The van der Waals surface area contributed by atoms with Crippen molar-refractivity contribution in [3.8, 4) is 0 Å². The van der Waals surface area contributed by atoms with Crippen LogP contribution in [0.25, 0.3) is 0 Å². The fourth-order valence-corrected chi connectivity index (χ4v) is 3.24. The third-order valence-corrected chi connectivity index (χ3v) is 4.56. The zero-order chi connectivity index (χ0) is 16.2. The van der Waals surface area contributed by atoms with E-state index in [0.29, 0.717) is 19.2 Å². The Bertz CT molecular complexity index is 516. The van der Waals surface area contributed by atoms with Crippen molar-refractivity contribution >= 4 is 5.91 Å². The summed E-state index contributed by atoms with van der Waals surface area (Å²) in [5, 5.41) is 3.03. The molecule has 1 aliphatic heterocycles. The number of likely N-dealkylation sites (N-methyl/N-ethyl adjacent to an activating group) is 1. The van der Waals surface area contributed by atoms with Gasteiger partial charge in [-0.15, -0.1) is 0 Å². The van der Waals surface area contributed by atoms with Crippen LogP contribution in [0.15, 0.2) is 30.3 Å². The normalized spacial score (nSPS) is 25.5. The number of carbonyl (C=O) groups is 1. The molecule has 1 N–H and O–H groups in total. The summed E-state index contributed by atoms with van der Waals surface area (Å²) in [7, 11) is 4.01. The van der Waals surface area contributed by atoms with E-state index in [9.17, 15) is 4.79 Å². The third-order valence-electron chi connectivity index (χ3n) is 4.56. The van der Waals surface area contributed by atoms with Crippen molar-refractivity contribution in [2.24, 2.45) is 0 Å². The number of nitrogens with zero attached hydrogens (tertiary/aromatic N) is 2. The van der Waals surface area contributed by atoms with Gasteiger partial charge in [-0.3, -0.25) is 9.69 Å². The van der Waals surface area contributed by atoms with Gasteiger partial charge in [0.2, 0.25) is 0 Å². The number of carbonyl (C=O) groups excluding carboxylic acids is 1. The molecule has 1 saturated heterocycles. The highest BCUT2D eigenvalue weighted by Gasteiger charge is 2.43. The molecule has 0 radical (unpaired) electrons. The fraction of sp³-hybridized carbons (Fsp3) is 0.611. The standard InChI is InChI=1S/C18H27N3O2/c1-20(2)11-10-19-18(22)17-16(14-6-4-3-5-7-14)21(12-13-23-17)15-8-9-15/h3-7,15-17H,8-13H2,1-2H3,(H,19,22)/t16-,17+/m0/s1. The molecule has 0 unspecified atom stereocenters. The summed E-state index contributed by atoms with van der Waals surface area (Å²) in [5.74, 6) is 0.00560. The summed E-state index contributed by atoms with van der Waals surface area (Å²) in [6, 6.07) is 10.9. The first-order valence-electron chi connectivity index (χ1n) is 8.51. The molecule has 1 heterocycles. The van der Waals surface area contributed by atoms with Gasteiger partial charge in [0.15, 0.2) is 6.10 Å². The lowest BCUT2D eigenvalue weighted by molar-refractivity contribution is -0.146. The van der Waals surface area contributed by atoms with Crippen molar-refractivity contribution in [2.75, 3.05) is 40.3 Å². The van der Waals surface area contributed by atoms with Crippen LogP contribution in [0.1, 0.15) is 24.4 Å². The predicted octanol–water partition coefficient (Wildman–Crippen LogP) is 1.27. The van der Waals surface area contributed by atoms with Crippen LogP contribution in [0, 0.1) is 0 Å². The van der Waals surface area contributed by atoms with E-state index in [1.807, 2.05) is 32.3 Å². The summed E-state index contributed by atoms with van der Waals surface area (Å²) in [6.07, 6.45) is 2.05. The average Bonchev–Trinajstić information content (AvgIpc) is 3.39. The number of morpholine rings is 1. The monoisotopic (exact) mass is 317 g/mol. The Labute approximate surface area is 138 Å². The maximum absolute atomic E-state index is 12.7. The molecule has 0 spiro atoms. The van der Waals surface area contributed by atoms with Gasteiger partial charge in [-0.2, -0.15) is 0 Å². The number of hydrogen-bond donors (Lipinski definition) is 1. The number of hydrogen-bond acceptors (Lipinski definition) is 4. The molecule has 0 bridgehead atoms. The molecule has 3 rings (SSSR count). The lowest BCUT2D eigenvalue weighted by atomic mass is 9.97. The van der Waals surface area contributed by atoms with Crippen LogP contribution < -0.4 is 5.32 Å². The van der Waals surface area contributed by atoms with Crippen LogP contribution in [-0.2, 0) is 9.53 Å². The molecule has 1 amide bonds. The Balaban J connectivity index is 1.74. The fourth-order valence-electron chi connectivity index (χ4n) is 3.24. The Morgan fingerprint density at radius 3 is 2.70 bits per heavy atom. The van der Waals surface area contributed by atoms with Gasteiger partial charge in [-0.05, 0) is 32.5 Å². The highest BCUT2D eigenvalue weighted by molar-refractivity contribution is 5.82. The van der Waals surface area contributed by atoms with Crippen molar-refractivity contribution in [3.05, 3.63) is 35.9 Å². The summed E-state index contributed by atoms with van der Waals surface area (Å²) >= 11 is 0.